The second-order valence-corrected chi connectivity index (χ2v) is 6.22. The van der Waals surface area contributed by atoms with Crippen LogP contribution in [0, 0.1) is 0 Å². The number of carbonyl (C=O) groups excluding carboxylic acids is 2. The molecule has 0 aromatic heterocycles. The van der Waals surface area contributed by atoms with Gasteiger partial charge in [0.15, 0.2) is 6.10 Å². The number of benzene rings is 2. The third-order valence-corrected chi connectivity index (χ3v) is 3.94. The topological polar surface area (TPSA) is 73.9 Å². The minimum absolute atomic E-state index is 0.285. The maximum Gasteiger partial charge on any atom is 0.338 e. The molecule has 0 aliphatic heterocycles. The molecule has 6 heteroatoms. The second-order valence-electron chi connectivity index (χ2n) is 6.22. The largest absolute Gasteiger partial charge is 0.494 e. The van der Waals surface area contributed by atoms with Crippen LogP contribution in [0.1, 0.15) is 44.0 Å². The van der Waals surface area contributed by atoms with Crippen molar-refractivity contribution in [2.75, 3.05) is 18.5 Å². The molecule has 0 radical (unpaired) electrons. The van der Waals surface area contributed by atoms with E-state index in [9.17, 15) is 9.59 Å². The molecule has 0 spiro atoms. The van der Waals surface area contributed by atoms with Crippen molar-refractivity contribution in [1.29, 1.82) is 0 Å². The van der Waals surface area contributed by atoms with Crippen molar-refractivity contribution in [3.63, 3.8) is 0 Å². The minimum Gasteiger partial charge on any atom is -0.494 e. The first kappa shape index (κ1) is 21.3. The van der Waals surface area contributed by atoms with E-state index in [1.54, 1.807) is 55.5 Å². The fraction of sp³-hybridized carbons (Fsp3) is 0.364. The van der Waals surface area contributed by atoms with E-state index in [-0.39, 0.29) is 11.9 Å². The standard InChI is InChI=1S/C22H27NO5/c1-4-6-15-27-22(25)17-7-9-18(10-8-17)23-21(24)16(3)28-20-13-11-19(12-14-20)26-5-2/h7-14,16H,4-6,15H2,1-3H3,(H,23,24). The third kappa shape index (κ3) is 6.61. The lowest BCUT2D eigenvalue weighted by atomic mass is 10.2. The molecular weight excluding hydrogens is 358 g/mol. The maximum absolute atomic E-state index is 12.3. The summed E-state index contributed by atoms with van der Waals surface area (Å²) in [7, 11) is 0. The Morgan fingerprint density at radius 1 is 0.964 bits per heavy atom. The predicted octanol–water partition coefficient (Wildman–Crippen LogP) is 4.45. The van der Waals surface area contributed by atoms with E-state index in [1.807, 2.05) is 13.8 Å². The number of anilines is 1. The van der Waals surface area contributed by atoms with E-state index in [0.29, 0.717) is 30.2 Å². The van der Waals surface area contributed by atoms with Gasteiger partial charge in [0.05, 0.1) is 18.8 Å². The van der Waals surface area contributed by atoms with Gasteiger partial charge >= 0.3 is 5.97 Å². The van der Waals surface area contributed by atoms with Crippen LogP contribution in [-0.2, 0) is 9.53 Å². The van der Waals surface area contributed by atoms with Crippen LogP contribution in [0.25, 0.3) is 0 Å². The Labute approximate surface area is 165 Å². The van der Waals surface area contributed by atoms with Crippen molar-refractivity contribution in [3.8, 4) is 11.5 Å². The Kier molecular flexibility index (Phi) is 8.34. The summed E-state index contributed by atoms with van der Waals surface area (Å²) in [5.74, 6) is 0.683. The monoisotopic (exact) mass is 385 g/mol. The molecule has 2 rings (SSSR count). The molecule has 0 saturated carbocycles. The van der Waals surface area contributed by atoms with Crippen LogP contribution in [0.15, 0.2) is 48.5 Å². The first-order valence-electron chi connectivity index (χ1n) is 9.51. The van der Waals surface area contributed by atoms with Crippen molar-refractivity contribution >= 4 is 17.6 Å². The van der Waals surface area contributed by atoms with Gasteiger partial charge in [0, 0.05) is 5.69 Å². The number of esters is 1. The van der Waals surface area contributed by atoms with Gasteiger partial charge in [-0.15, -0.1) is 0 Å². The van der Waals surface area contributed by atoms with Crippen molar-refractivity contribution in [1.82, 2.24) is 0 Å². The molecule has 0 bridgehead atoms. The SMILES string of the molecule is CCCCOC(=O)c1ccc(NC(=O)C(C)Oc2ccc(OCC)cc2)cc1. The van der Waals surface area contributed by atoms with Crippen molar-refractivity contribution in [3.05, 3.63) is 54.1 Å². The van der Waals surface area contributed by atoms with Gasteiger partial charge in [-0.25, -0.2) is 4.79 Å². The molecule has 0 fully saturated rings. The molecule has 28 heavy (non-hydrogen) atoms. The average molecular weight is 385 g/mol. The summed E-state index contributed by atoms with van der Waals surface area (Å²) in [5.41, 5.74) is 1.03. The average Bonchev–Trinajstić information content (AvgIpc) is 2.70. The van der Waals surface area contributed by atoms with Gasteiger partial charge in [0.1, 0.15) is 11.5 Å². The Balaban J connectivity index is 1.86. The molecule has 6 nitrogen and oxygen atoms in total. The first-order valence-corrected chi connectivity index (χ1v) is 9.51. The first-order chi connectivity index (χ1) is 13.5. The molecule has 1 atom stereocenters. The van der Waals surface area contributed by atoms with Crippen LogP contribution in [-0.4, -0.2) is 31.2 Å². The number of unbranched alkanes of at least 4 members (excludes halogenated alkanes) is 1. The van der Waals surface area contributed by atoms with Crippen LogP contribution < -0.4 is 14.8 Å². The molecule has 0 aliphatic rings. The maximum atomic E-state index is 12.3. The van der Waals surface area contributed by atoms with Crippen LogP contribution in [0.3, 0.4) is 0 Å². The van der Waals surface area contributed by atoms with Gasteiger partial charge in [-0.2, -0.15) is 0 Å². The lowest BCUT2D eigenvalue weighted by molar-refractivity contribution is -0.122. The smallest absolute Gasteiger partial charge is 0.338 e. The molecule has 1 unspecified atom stereocenters. The van der Waals surface area contributed by atoms with Gasteiger partial charge in [-0.3, -0.25) is 4.79 Å². The predicted molar refractivity (Wildman–Crippen MR) is 108 cm³/mol. The summed E-state index contributed by atoms with van der Waals surface area (Å²) in [6.07, 6.45) is 1.12. The Morgan fingerprint density at radius 3 is 2.21 bits per heavy atom. The molecular formula is C22H27NO5. The molecule has 0 saturated heterocycles. The third-order valence-electron chi connectivity index (χ3n) is 3.94. The van der Waals surface area contributed by atoms with Gasteiger partial charge in [0.25, 0.3) is 5.91 Å². The fourth-order valence-electron chi connectivity index (χ4n) is 2.36. The summed E-state index contributed by atoms with van der Waals surface area (Å²) in [4.78, 5) is 24.2. The van der Waals surface area contributed by atoms with Gasteiger partial charge < -0.3 is 19.5 Å². The van der Waals surface area contributed by atoms with Gasteiger partial charge in [-0.1, -0.05) is 13.3 Å². The van der Waals surface area contributed by atoms with Crippen LogP contribution in [0.2, 0.25) is 0 Å². The van der Waals surface area contributed by atoms with E-state index < -0.39 is 6.10 Å². The number of hydrogen-bond acceptors (Lipinski definition) is 5. The molecule has 2 aromatic rings. The van der Waals surface area contributed by atoms with E-state index >= 15 is 0 Å². The Morgan fingerprint density at radius 2 is 1.61 bits per heavy atom. The Bertz CT molecular complexity index is 756. The highest BCUT2D eigenvalue weighted by atomic mass is 16.5. The highest BCUT2D eigenvalue weighted by molar-refractivity contribution is 5.95. The lowest BCUT2D eigenvalue weighted by Crippen LogP contribution is -2.30. The highest BCUT2D eigenvalue weighted by Gasteiger charge is 2.15. The second kappa shape index (κ2) is 11.0. The van der Waals surface area contributed by atoms with Crippen LogP contribution in [0.4, 0.5) is 5.69 Å². The molecule has 150 valence electrons. The fourth-order valence-corrected chi connectivity index (χ4v) is 2.36. The minimum atomic E-state index is -0.684. The zero-order chi connectivity index (χ0) is 20.4. The summed E-state index contributed by atoms with van der Waals surface area (Å²) in [6, 6.07) is 13.7. The van der Waals surface area contributed by atoms with Crippen LogP contribution >= 0.6 is 0 Å². The summed E-state index contributed by atoms with van der Waals surface area (Å²) in [6.45, 7) is 6.62. The number of ether oxygens (including phenoxy) is 3. The summed E-state index contributed by atoms with van der Waals surface area (Å²) >= 11 is 0. The van der Waals surface area contributed by atoms with Crippen molar-refractivity contribution in [2.24, 2.45) is 0 Å². The molecule has 0 aliphatic carbocycles. The van der Waals surface area contributed by atoms with E-state index in [1.165, 1.54) is 0 Å². The number of hydrogen-bond donors (Lipinski definition) is 1. The molecule has 2 aromatic carbocycles. The molecule has 0 heterocycles. The normalized spacial score (nSPS) is 11.4. The lowest BCUT2D eigenvalue weighted by Gasteiger charge is -2.15. The van der Waals surface area contributed by atoms with Gasteiger partial charge in [-0.05, 0) is 68.8 Å². The van der Waals surface area contributed by atoms with E-state index in [4.69, 9.17) is 14.2 Å². The highest BCUT2D eigenvalue weighted by Crippen LogP contribution is 2.19. The zero-order valence-electron chi connectivity index (χ0n) is 16.6. The number of carbonyl (C=O) groups is 2. The molecule has 1 amide bonds. The zero-order valence-corrected chi connectivity index (χ0v) is 16.6. The molecule has 1 N–H and O–H groups in total. The number of amides is 1. The summed E-state index contributed by atoms with van der Waals surface area (Å²) in [5, 5.41) is 2.77. The van der Waals surface area contributed by atoms with Crippen molar-refractivity contribution in [2.45, 2.75) is 39.7 Å². The van der Waals surface area contributed by atoms with E-state index in [2.05, 4.69) is 5.32 Å². The van der Waals surface area contributed by atoms with E-state index in [0.717, 1.165) is 18.6 Å². The number of rotatable bonds is 10. The Hall–Kier alpha value is -3.02. The van der Waals surface area contributed by atoms with Crippen molar-refractivity contribution < 1.29 is 23.8 Å². The van der Waals surface area contributed by atoms with Crippen LogP contribution in [0.5, 0.6) is 11.5 Å². The van der Waals surface area contributed by atoms with Gasteiger partial charge in [0.2, 0.25) is 0 Å². The summed E-state index contributed by atoms with van der Waals surface area (Å²) < 4.78 is 16.2. The quantitative estimate of drug-likeness (QED) is 0.483. The number of nitrogens with one attached hydrogen (secondary N) is 1.